The Labute approximate surface area is 131 Å². The van der Waals surface area contributed by atoms with Crippen LogP contribution in [0, 0.1) is 0 Å². The second-order valence-electron chi connectivity index (χ2n) is 4.52. The third-order valence-electron chi connectivity index (χ3n) is 3.08. The largest absolute Gasteiger partial charge is 0.497 e. The van der Waals surface area contributed by atoms with Crippen LogP contribution in [0.1, 0.15) is 23.1 Å². The normalized spacial score (nSPS) is 10.5. The highest BCUT2D eigenvalue weighted by Crippen LogP contribution is 2.25. The van der Waals surface area contributed by atoms with E-state index >= 15 is 0 Å². The van der Waals surface area contributed by atoms with E-state index in [0.717, 1.165) is 10.2 Å². The summed E-state index contributed by atoms with van der Waals surface area (Å²) in [6.45, 7) is 1.94. The van der Waals surface area contributed by atoms with Gasteiger partial charge in [0.05, 0.1) is 18.5 Å². The Morgan fingerprint density at radius 2 is 2.19 bits per heavy atom. The molecule has 0 saturated heterocycles. The van der Waals surface area contributed by atoms with Crippen LogP contribution in [0.3, 0.4) is 0 Å². The highest BCUT2D eigenvalue weighted by Gasteiger charge is 2.19. The first-order valence-corrected chi connectivity index (χ1v) is 7.22. The maximum Gasteiger partial charge on any atom is 0.276 e. The number of ether oxygens (including phenoxy) is 1. The lowest BCUT2D eigenvalue weighted by atomic mass is 10.2. The second kappa shape index (κ2) is 6.17. The quantitative estimate of drug-likeness (QED) is 0.885. The number of carbonyl (C=O) groups excluding carboxylic acids is 1. The molecule has 6 nitrogen and oxygen atoms in total. The Balaban J connectivity index is 2.30. The zero-order chi connectivity index (χ0) is 15.6. The van der Waals surface area contributed by atoms with Crippen molar-refractivity contribution >= 4 is 33.2 Å². The Kier molecular flexibility index (Phi) is 4.52. The van der Waals surface area contributed by atoms with E-state index in [4.69, 9.17) is 10.5 Å². The molecule has 7 heteroatoms. The summed E-state index contributed by atoms with van der Waals surface area (Å²) >= 11 is 3.37. The first-order valence-electron chi connectivity index (χ1n) is 6.43. The van der Waals surface area contributed by atoms with E-state index in [2.05, 4.69) is 26.3 Å². The second-order valence-corrected chi connectivity index (χ2v) is 5.44. The van der Waals surface area contributed by atoms with Gasteiger partial charge in [0.25, 0.3) is 5.91 Å². The van der Waals surface area contributed by atoms with E-state index in [0.29, 0.717) is 29.2 Å². The van der Waals surface area contributed by atoms with E-state index in [-0.39, 0.29) is 5.91 Å². The molecule has 1 aromatic heterocycles. The molecular weight excluding hydrogens is 336 g/mol. The molecule has 0 spiro atoms. The Bertz CT molecular complexity index is 682. The van der Waals surface area contributed by atoms with Crippen molar-refractivity contribution in [3.8, 4) is 5.75 Å². The Hall–Kier alpha value is -2.02. The molecule has 0 aliphatic heterocycles. The molecule has 2 aromatic rings. The van der Waals surface area contributed by atoms with Crippen LogP contribution < -0.4 is 15.8 Å². The molecule has 0 aliphatic carbocycles. The maximum absolute atomic E-state index is 12.4. The molecule has 2 rings (SSSR count). The van der Waals surface area contributed by atoms with Crippen LogP contribution in [0.25, 0.3) is 0 Å². The molecule has 0 aliphatic rings. The summed E-state index contributed by atoms with van der Waals surface area (Å²) in [7, 11) is 3.27. The van der Waals surface area contributed by atoms with Crippen LogP contribution in [-0.4, -0.2) is 22.8 Å². The number of nitrogen functional groups attached to an aromatic ring is 1. The van der Waals surface area contributed by atoms with Crippen molar-refractivity contribution in [1.82, 2.24) is 9.78 Å². The van der Waals surface area contributed by atoms with Crippen LogP contribution in [0.2, 0.25) is 0 Å². The number of nitrogens with zero attached hydrogens (tertiary/aromatic N) is 2. The molecule has 0 atom stereocenters. The molecule has 3 N–H and O–H groups in total. The average Bonchev–Trinajstić information content (AvgIpc) is 2.72. The molecule has 1 heterocycles. The standard InChI is InChI=1S/C14H17BrN4O2/c1-4-11-12(16)13(19(2)18-11)14(20)17-9-5-8(15)6-10(7-9)21-3/h5-7H,4,16H2,1-3H3,(H,17,20). The lowest BCUT2D eigenvalue weighted by Crippen LogP contribution is -2.17. The first-order chi connectivity index (χ1) is 9.96. The molecule has 21 heavy (non-hydrogen) atoms. The number of hydrogen-bond donors (Lipinski definition) is 2. The number of halogens is 1. The molecule has 112 valence electrons. The van der Waals surface area contributed by atoms with E-state index in [9.17, 15) is 4.79 Å². The van der Waals surface area contributed by atoms with Gasteiger partial charge in [-0.05, 0) is 18.6 Å². The predicted molar refractivity (Wildman–Crippen MR) is 85.6 cm³/mol. The van der Waals surface area contributed by atoms with Gasteiger partial charge in [-0.15, -0.1) is 0 Å². The Morgan fingerprint density at radius 3 is 2.76 bits per heavy atom. The van der Waals surface area contributed by atoms with Gasteiger partial charge >= 0.3 is 0 Å². The van der Waals surface area contributed by atoms with Crippen molar-refractivity contribution in [1.29, 1.82) is 0 Å². The number of aryl methyl sites for hydroxylation is 2. The lowest BCUT2D eigenvalue weighted by Gasteiger charge is -2.09. The molecule has 0 fully saturated rings. The molecule has 1 amide bonds. The zero-order valence-corrected chi connectivity index (χ0v) is 13.7. The molecule has 1 aromatic carbocycles. The van der Waals surface area contributed by atoms with Crippen molar-refractivity contribution in [3.05, 3.63) is 34.1 Å². The number of amides is 1. The highest BCUT2D eigenvalue weighted by atomic mass is 79.9. The summed E-state index contributed by atoms with van der Waals surface area (Å²) in [5.41, 5.74) is 8.08. The fraction of sp³-hybridized carbons (Fsp3) is 0.286. The zero-order valence-electron chi connectivity index (χ0n) is 12.1. The molecule has 0 unspecified atom stereocenters. The van der Waals surface area contributed by atoms with Gasteiger partial charge in [-0.3, -0.25) is 9.48 Å². The number of rotatable bonds is 4. The van der Waals surface area contributed by atoms with E-state index in [1.165, 1.54) is 4.68 Å². The topological polar surface area (TPSA) is 82.2 Å². The smallest absolute Gasteiger partial charge is 0.276 e. The van der Waals surface area contributed by atoms with Gasteiger partial charge in [-0.25, -0.2) is 0 Å². The van der Waals surface area contributed by atoms with Crippen molar-refractivity contribution in [3.63, 3.8) is 0 Å². The minimum atomic E-state index is -0.303. The molecule has 0 bridgehead atoms. The van der Waals surface area contributed by atoms with Crippen molar-refractivity contribution in [2.45, 2.75) is 13.3 Å². The summed E-state index contributed by atoms with van der Waals surface area (Å²) in [6.07, 6.45) is 0.678. The van der Waals surface area contributed by atoms with Gasteiger partial charge in [0.1, 0.15) is 11.4 Å². The maximum atomic E-state index is 12.4. The van der Waals surface area contributed by atoms with Crippen molar-refractivity contribution < 1.29 is 9.53 Å². The summed E-state index contributed by atoms with van der Waals surface area (Å²) in [5.74, 6) is 0.342. The minimum absolute atomic E-state index is 0.303. The third-order valence-corrected chi connectivity index (χ3v) is 3.53. The SMILES string of the molecule is CCc1nn(C)c(C(=O)Nc2cc(Br)cc(OC)c2)c1N. The number of hydrogen-bond acceptors (Lipinski definition) is 4. The van der Waals surface area contributed by atoms with E-state index < -0.39 is 0 Å². The van der Waals surface area contributed by atoms with Crippen LogP contribution >= 0.6 is 15.9 Å². The number of nitrogens with one attached hydrogen (secondary N) is 1. The minimum Gasteiger partial charge on any atom is -0.497 e. The average molecular weight is 353 g/mol. The molecule has 0 radical (unpaired) electrons. The van der Waals surface area contributed by atoms with E-state index in [1.54, 1.807) is 26.3 Å². The van der Waals surface area contributed by atoms with Crippen LogP contribution in [0.15, 0.2) is 22.7 Å². The van der Waals surface area contributed by atoms with Crippen LogP contribution in [0.5, 0.6) is 5.75 Å². The summed E-state index contributed by atoms with van der Waals surface area (Å²) in [5, 5.41) is 7.04. The highest BCUT2D eigenvalue weighted by molar-refractivity contribution is 9.10. The first kappa shape index (κ1) is 15.4. The van der Waals surface area contributed by atoms with Crippen molar-refractivity contribution in [2.24, 2.45) is 7.05 Å². The van der Waals surface area contributed by atoms with Gasteiger partial charge in [-0.1, -0.05) is 22.9 Å². The van der Waals surface area contributed by atoms with Gasteiger partial charge in [0.15, 0.2) is 0 Å². The summed E-state index contributed by atoms with van der Waals surface area (Å²) in [4.78, 5) is 12.4. The molecule has 0 saturated carbocycles. The fourth-order valence-electron chi connectivity index (χ4n) is 2.07. The Morgan fingerprint density at radius 1 is 1.48 bits per heavy atom. The van der Waals surface area contributed by atoms with Gasteiger partial charge < -0.3 is 15.8 Å². The number of aromatic nitrogens is 2. The number of nitrogens with two attached hydrogens (primary N) is 1. The summed E-state index contributed by atoms with van der Waals surface area (Å²) in [6, 6.07) is 5.33. The van der Waals surface area contributed by atoms with Crippen LogP contribution in [-0.2, 0) is 13.5 Å². The van der Waals surface area contributed by atoms with Crippen LogP contribution in [0.4, 0.5) is 11.4 Å². The lowest BCUT2D eigenvalue weighted by molar-refractivity contribution is 0.101. The third kappa shape index (κ3) is 3.18. The van der Waals surface area contributed by atoms with Crippen molar-refractivity contribution in [2.75, 3.05) is 18.2 Å². The predicted octanol–water partition coefficient (Wildman–Crippen LogP) is 2.59. The van der Waals surface area contributed by atoms with Gasteiger partial charge in [-0.2, -0.15) is 5.10 Å². The number of methoxy groups -OCH3 is 1. The number of anilines is 2. The number of carbonyl (C=O) groups is 1. The van der Waals surface area contributed by atoms with Gasteiger partial charge in [0.2, 0.25) is 0 Å². The molecular formula is C14H17BrN4O2. The van der Waals surface area contributed by atoms with E-state index in [1.807, 2.05) is 13.0 Å². The summed E-state index contributed by atoms with van der Waals surface area (Å²) < 4.78 is 7.48. The fourth-order valence-corrected chi connectivity index (χ4v) is 2.54. The monoisotopic (exact) mass is 352 g/mol. The number of benzene rings is 1. The van der Waals surface area contributed by atoms with Gasteiger partial charge in [0, 0.05) is 23.3 Å².